The quantitative estimate of drug-likeness (QED) is 0.728. The third kappa shape index (κ3) is 7.83. The molecular formula is C16H17Cl3O4S. The van der Waals surface area contributed by atoms with Crippen molar-refractivity contribution in [1.29, 1.82) is 0 Å². The topological polar surface area (TPSA) is 74.6 Å². The Bertz CT molecular complexity index is 733. The molecule has 4 nitrogen and oxygen atoms in total. The molecule has 1 atom stereocenters. The van der Waals surface area contributed by atoms with Crippen molar-refractivity contribution in [1.82, 2.24) is 0 Å². The van der Waals surface area contributed by atoms with E-state index in [1.807, 2.05) is 30.3 Å². The van der Waals surface area contributed by atoms with Crippen LogP contribution in [0.25, 0.3) is 0 Å². The van der Waals surface area contributed by atoms with E-state index in [0.29, 0.717) is 27.7 Å². The highest BCUT2D eigenvalue weighted by atomic mass is 35.5. The highest BCUT2D eigenvalue weighted by Crippen LogP contribution is 2.30. The Morgan fingerprint density at radius 3 is 1.88 bits per heavy atom. The second kappa shape index (κ2) is 9.61. The largest absolute Gasteiger partial charge is 0.396 e. The summed E-state index contributed by atoms with van der Waals surface area (Å²) in [5.74, 6) is -0.0466. The first kappa shape index (κ1) is 21.2. The first-order valence-electron chi connectivity index (χ1n) is 6.83. The number of hydrogen-bond acceptors (Lipinski definition) is 3. The van der Waals surface area contributed by atoms with Gasteiger partial charge in [-0.3, -0.25) is 4.55 Å². The molecule has 0 fully saturated rings. The standard InChI is InChI=1S/C15H13Cl3O.CH4O3S/c16-12-6-4-10(5-7-12)11(9-19)8-13-14(17)2-1-3-15(13)18;1-5(2,3)4/h1-7,11,19H,8-9H2;1H3,(H,2,3,4). The number of benzene rings is 2. The van der Waals surface area contributed by atoms with Crippen LogP contribution in [0.5, 0.6) is 0 Å². The molecule has 2 N–H and O–H groups in total. The minimum Gasteiger partial charge on any atom is -0.396 e. The Morgan fingerprint density at radius 1 is 1.00 bits per heavy atom. The van der Waals surface area contributed by atoms with Crippen LogP contribution >= 0.6 is 34.8 Å². The van der Waals surface area contributed by atoms with Crippen LogP contribution in [0.2, 0.25) is 15.1 Å². The van der Waals surface area contributed by atoms with Gasteiger partial charge in [-0.15, -0.1) is 0 Å². The van der Waals surface area contributed by atoms with Gasteiger partial charge in [0.25, 0.3) is 10.1 Å². The van der Waals surface area contributed by atoms with Crippen LogP contribution < -0.4 is 0 Å². The van der Waals surface area contributed by atoms with Crippen molar-refractivity contribution in [3.63, 3.8) is 0 Å². The second-order valence-electron chi connectivity index (χ2n) is 5.07. The SMILES string of the molecule is CS(=O)(=O)O.OCC(Cc1c(Cl)cccc1Cl)c1ccc(Cl)cc1. The molecule has 2 aromatic rings. The molecule has 132 valence electrons. The molecule has 1 unspecified atom stereocenters. The predicted molar refractivity (Wildman–Crippen MR) is 98.9 cm³/mol. The van der Waals surface area contributed by atoms with E-state index < -0.39 is 10.1 Å². The van der Waals surface area contributed by atoms with Crippen molar-refractivity contribution < 1.29 is 18.1 Å². The van der Waals surface area contributed by atoms with E-state index in [2.05, 4.69) is 0 Å². The second-order valence-corrected chi connectivity index (χ2v) is 7.79. The summed E-state index contributed by atoms with van der Waals surface area (Å²) in [6, 6.07) is 12.9. The van der Waals surface area contributed by atoms with Gasteiger partial charge in [-0.05, 0) is 41.8 Å². The van der Waals surface area contributed by atoms with Gasteiger partial charge in [0.2, 0.25) is 0 Å². The fourth-order valence-corrected chi connectivity index (χ4v) is 2.67. The summed E-state index contributed by atoms with van der Waals surface area (Å²) in [6.07, 6.45) is 1.31. The Kier molecular flexibility index (Phi) is 8.50. The van der Waals surface area contributed by atoms with Gasteiger partial charge in [-0.1, -0.05) is 53.0 Å². The van der Waals surface area contributed by atoms with Crippen molar-refractivity contribution in [2.75, 3.05) is 12.9 Å². The van der Waals surface area contributed by atoms with Crippen LogP contribution in [0.3, 0.4) is 0 Å². The van der Waals surface area contributed by atoms with Gasteiger partial charge in [0.15, 0.2) is 0 Å². The summed E-state index contributed by atoms with van der Waals surface area (Å²) >= 11 is 18.2. The molecule has 0 bridgehead atoms. The zero-order valence-corrected chi connectivity index (χ0v) is 15.9. The third-order valence-corrected chi connectivity index (χ3v) is 4.03. The van der Waals surface area contributed by atoms with Crippen LogP contribution in [0.15, 0.2) is 42.5 Å². The lowest BCUT2D eigenvalue weighted by atomic mass is 9.92. The summed E-state index contributed by atoms with van der Waals surface area (Å²) in [4.78, 5) is 0. The van der Waals surface area contributed by atoms with Crippen LogP contribution in [-0.2, 0) is 16.5 Å². The predicted octanol–water partition coefficient (Wildman–Crippen LogP) is 4.47. The van der Waals surface area contributed by atoms with Crippen LogP contribution in [0.1, 0.15) is 17.0 Å². The number of hydrogen-bond donors (Lipinski definition) is 2. The summed E-state index contributed by atoms with van der Waals surface area (Å²) in [7, 11) is -3.67. The molecule has 0 radical (unpaired) electrons. The molecule has 0 heterocycles. The average Bonchev–Trinajstić information content (AvgIpc) is 2.47. The maximum absolute atomic E-state index is 9.57. The zero-order chi connectivity index (χ0) is 18.3. The molecule has 0 amide bonds. The molecule has 0 saturated heterocycles. The summed E-state index contributed by atoms with van der Waals surface area (Å²) in [5, 5.41) is 11.5. The van der Waals surface area contributed by atoms with E-state index >= 15 is 0 Å². The third-order valence-electron chi connectivity index (χ3n) is 3.07. The van der Waals surface area contributed by atoms with Gasteiger partial charge in [0.1, 0.15) is 0 Å². The molecular weight excluding hydrogens is 395 g/mol. The Labute approximate surface area is 156 Å². The van der Waals surface area contributed by atoms with Gasteiger partial charge in [0.05, 0.1) is 12.9 Å². The number of aliphatic hydroxyl groups excluding tert-OH is 1. The van der Waals surface area contributed by atoms with E-state index in [1.165, 1.54) is 0 Å². The molecule has 0 aliphatic rings. The first-order chi connectivity index (χ1) is 11.1. The number of aliphatic hydroxyl groups is 1. The van der Waals surface area contributed by atoms with Crippen LogP contribution in [-0.4, -0.2) is 30.9 Å². The fraction of sp³-hybridized carbons (Fsp3) is 0.250. The Hall–Kier alpha value is -0.820. The summed E-state index contributed by atoms with van der Waals surface area (Å²) in [5.41, 5.74) is 1.88. The lowest BCUT2D eigenvalue weighted by molar-refractivity contribution is 0.264. The summed E-state index contributed by atoms with van der Waals surface area (Å²) in [6.45, 7) is 0.0309. The minimum atomic E-state index is -3.67. The molecule has 0 saturated carbocycles. The van der Waals surface area contributed by atoms with E-state index in [0.717, 1.165) is 11.1 Å². The summed E-state index contributed by atoms with van der Waals surface area (Å²) < 4.78 is 25.9. The molecule has 2 aromatic carbocycles. The lowest BCUT2D eigenvalue weighted by Crippen LogP contribution is -2.08. The number of rotatable bonds is 4. The number of halogens is 3. The van der Waals surface area contributed by atoms with Gasteiger partial charge in [-0.25, -0.2) is 0 Å². The minimum absolute atomic E-state index is 0.0309. The van der Waals surface area contributed by atoms with Crippen LogP contribution in [0.4, 0.5) is 0 Å². The molecule has 0 aliphatic heterocycles. The maximum Gasteiger partial charge on any atom is 0.261 e. The van der Waals surface area contributed by atoms with Gasteiger partial charge in [-0.2, -0.15) is 8.42 Å². The van der Waals surface area contributed by atoms with Crippen LogP contribution in [0, 0.1) is 0 Å². The highest BCUT2D eigenvalue weighted by molar-refractivity contribution is 7.85. The van der Waals surface area contributed by atoms with Gasteiger partial charge in [0, 0.05) is 21.0 Å². The lowest BCUT2D eigenvalue weighted by Gasteiger charge is -2.16. The average molecular weight is 412 g/mol. The molecule has 24 heavy (non-hydrogen) atoms. The van der Waals surface area contributed by atoms with Gasteiger partial charge < -0.3 is 5.11 Å². The normalized spacial score (nSPS) is 12.2. The van der Waals surface area contributed by atoms with Crippen molar-refractivity contribution in [3.05, 3.63) is 68.7 Å². The van der Waals surface area contributed by atoms with E-state index in [-0.39, 0.29) is 12.5 Å². The molecule has 8 heteroatoms. The van der Waals surface area contributed by atoms with Gasteiger partial charge >= 0.3 is 0 Å². The smallest absolute Gasteiger partial charge is 0.261 e. The first-order valence-corrected chi connectivity index (χ1v) is 9.81. The van der Waals surface area contributed by atoms with E-state index in [9.17, 15) is 13.5 Å². The molecule has 0 spiro atoms. The van der Waals surface area contributed by atoms with E-state index in [1.54, 1.807) is 12.1 Å². The zero-order valence-electron chi connectivity index (χ0n) is 12.8. The monoisotopic (exact) mass is 410 g/mol. The van der Waals surface area contributed by atoms with Crippen molar-refractivity contribution in [2.24, 2.45) is 0 Å². The Balaban J connectivity index is 0.000000505. The van der Waals surface area contributed by atoms with E-state index in [4.69, 9.17) is 39.4 Å². The molecule has 2 rings (SSSR count). The fourth-order valence-electron chi connectivity index (χ4n) is 2.00. The Morgan fingerprint density at radius 2 is 1.46 bits per heavy atom. The molecule has 0 aliphatic carbocycles. The highest BCUT2D eigenvalue weighted by Gasteiger charge is 2.15. The molecule has 0 aromatic heterocycles. The van der Waals surface area contributed by atoms with Crippen molar-refractivity contribution in [3.8, 4) is 0 Å². The van der Waals surface area contributed by atoms with Crippen molar-refractivity contribution in [2.45, 2.75) is 12.3 Å². The van der Waals surface area contributed by atoms with Crippen molar-refractivity contribution >= 4 is 44.9 Å². The maximum atomic E-state index is 9.57.